The molecule has 0 aromatic rings. The summed E-state index contributed by atoms with van der Waals surface area (Å²) in [5.74, 6) is 0.557. The first kappa shape index (κ1) is 8.47. The lowest BCUT2D eigenvalue weighted by Crippen LogP contribution is -2.47. The zero-order valence-corrected chi connectivity index (χ0v) is 7.48. The summed E-state index contributed by atoms with van der Waals surface area (Å²) in [4.78, 5) is 23.6. The minimum Gasteiger partial charge on any atom is -0.339 e. The lowest BCUT2D eigenvalue weighted by Gasteiger charge is -2.31. The first-order valence-corrected chi connectivity index (χ1v) is 4.68. The van der Waals surface area contributed by atoms with Gasteiger partial charge in [-0.15, -0.1) is 4.91 Å². The van der Waals surface area contributed by atoms with Crippen LogP contribution in [0.5, 0.6) is 0 Å². The predicted molar refractivity (Wildman–Crippen MR) is 46.7 cm³/mol. The molecule has 2 aliphatic rings. The molecular weight excluding hydrogens is 170 g/mol. The fourth-order valence-electron chi connectivity index (χ4n) is 1.59. The Morgan fingerprint density at radius 1 is 1.15 bits per heavy atom. The zero-order chi connectivity index (χ0) is 9.26. The quantitative estimate of drug-likeness (QED) is 0.575. The lowest BCUT2D eigenvalue weighted by atomic mass is 10.3. The highest BCUT2D eigenvalue weighted by Crippen LogP contribution is 2.31. The Bertz CT molecular complexity index is 219. The van der Waals surface area contributed by atoms with Gasteiger partial charge in [0, 0.05) is 19.0 Å². The van der Waals surface area contributed by atoms with Crippen LogP contribution in [0.15, 0.2) is 5.29 Å². The van der Waals surface area contributed by atoms with Crippen LogP contribution in [0, 0.1) is 10.8 Å². The Labute approximate surface area is 76.6 Å². The van der Waals surface area contributed by atoms with Gasteiger partial charge < -0.3 is 4.90 Å². The number of amides is 1. The van der Waals surface area contributed by atoms with Crippen molar-refractivity contribution < 1.29 is 4.79 Å². The van der Waals surface area contributed by atoms with Crippen LogP contribution in [0.2, 0.25) is 0 Å². The van der Waals surface area contributed by atoms with Crippen molar-refractivity contribution in [3.63, 3.8) is 0 Å². The van der Waals surface area contributed by atoms with Crippen LogP contribution in [0.1, 0.15) is 12.8 Å². The SMILES string of the molecule is O=NN1CCN(C(=O)C2CC2)CC1. The smallest absolute Gasteiger partial charge is 0.225 e. The predicted octanol–water partition coefficient (Wildman–Crippen LogP) is 0.222. The molecule has 1 aliphatic heterocycles. The number of carbonyl (C=O) groups excluding carboxylic acids is 1. The molecule has 1 amide bonds. The number of hydrogen-bond acceptors (Lipinski definition) is 3. The second kappa shape index (κ2) is 3.32. The maximum Gasteiger partial charge on any atom is 0.225 e. The topological polar surface area (TPSA) is 53.0 Å². The van der Waals surface area contributed by atoms with E-state index in [0.29, 0.717) is 26.2 Å². The van der Waals surface area contributed by atoms with Crippen LogP contribution in [-0.4, -0.2) is 42.0 Å². The Morgan fingerprint density at radius 2 is 1.77 bits per heavy atom. The maximum atomic E-state index is 11.6. The monoisotopic (exact) mass is 183 g/mol. The van der Waals surface area contributed by atoms with Gasteiger partial charge >= 0.3 is 0 Å². The van der Waals surface area contributed by atoms with Gasteiger partial charge in [0.1, 0.15) is 0 Å². The van der Waals surface area contributed by atoms with Crippen molar-refractivity contribution in [1.82, 2.24) is 9.91 Å². The van der Waals surface area contributed by atoms with Crippen molar-refractivity contribution in [1.29, 1.82) is 0 Å². The van der Waals surface area contributed by atoms with Gasteiger partial charge in [-0.1, -0.05) is 0 Å². The van der Waals surface area contributed by atoms with Crippen molar-refractivity contribution in [2.45, 2.75) is 12.8 Å². The molecule has 0 aromatic heterocycles. The van der Waals surface area contributed by atoms with Gasteiger partial charge in [0.15, 0.2) is 0 Å². The first-order valence-electron chi connectivity index (χ1n) is 4.68. The highest BCUT2D eigenvalue weighted by atomic mass is 16.3. The third-order valence-electron chi connectivity index (χ3n) is 2.61. The van der Waals surface area contributed by atoms with Crippen molar-refractivity contribution >= 4 is 5.91 Å². The summed E-state index contributed by atoms with van der Waals surface area (Å²) in [6.45, 7) is 2.48. The molecule has 0 spiro atoms. The molecule has 13 heavy (non-hydrogen) atoms. The van der Waals surface area contributed by atoms with Gasteiger partial charge in [0.05, 0.1) is 18.4 Å². The lowest BCUT2D eigenvalue weighted by molar-refractivity contribution is -0.134. The van der Waals surface area contributed by atoms with Gasteiger partial charge in [-0.05, 0) is 12.8 Å². The molecule has 1 saturated heterocycles. The molecular formula is C8H13N3O2. The summed E-state index contributed by atoms with van der Waals surface area (Å²) in [6, 6.07) is 0. The van der Waals surface area contributed by atoms with Gasteiger partial charge in [-0.3, -0.25) is 9.80 Å². The second-order valence-electron chi connectivity index (χ2n) is 3.63. The first-order chi connectivity index (χ1) is 6.31. The Balaban J connectivity index is 1.83. The maximum absolute atomic E-state index is 11.6. The number of nitroso groups, excluding NO2 is 1. The van der Waals surface area contributed by atoms with E-state index in [0.717, 1.165) is 12.8 Å². The molecule has 1 saturated carbocycles. The molecule has 0 atom stereocenters. The van der Waals surface area contributed by atoms with Gasteiger partial charge in [0.2, 0.25) is 5.91 Å². The number of hydrogen-bond donors (Lipinski definition) is 0. The molecule has 5 nitrogen and oxygen atoms in total. The summed E-state index contributed by atoms with van der Waals surface area (Å²) in [5.41, 5.74) is 0. The number of nitrogens with zero attached hydrogens (tertiary/aromatic N) is 3. The molecule has 5 heteroatoms. The van der Waals surface area contributed by atoms with E-state index in [2.05, 4.69) is 5.29 Å². The van der Waals surface area contributed by atoms with E-state index in [1.54, 1.807) is 0 Å². The average molecular weight is 183 g/mol. The van der Waals surface area contributed by atoms with Crippen molar-refractivity contribution in [2.24, 2.45) is 11.2 Å². The Kier molecular flexibility index (Phi) is 2.16. The van der Waals surface area contributed by atoms with E-state index < -0.39 is 0 Å². The molecule has 1 heterocycles. The summed E-state index contributed by atoms with van der Waals surface area (Å²) in [5, 5.41) is 4.32. The molecule has 0 unspecified atom stereocenters. The molecule has 1 aliphatic carbocycles. The molecule has 2 rings (SSSR count). The molecule has 0 radical (unpaired) electrons. The van der Waals surface area contributed by atoms with E-state index >= 15 is 0 Å². The van der Waals surface area contributed by atoms with E-state index in [9.17, 15) is 9.70 Å². The summed E-state index contributed by atoms with van der Waals surface area (Å²) >= 11 is 0. The minimum absolute atomic E-state index is 0.269. The third kappa shape index (κ3) is 1.79. The number of carbonyl (C=O) groups is 1. The standard InChI is InChI=1S/C8H13N3O2/c12-8(7-1-2-7)10-3-5-11(9-13)6-4-10/h7H,1-6H2. The Morgan fingerprint density at radius 3 is 2.23 bits per heavy atom. The van der Waals surface area contributed by atoms with Crippen molar-refractivity contribution in [3.8, 4) is 0 Å². The molecule has 72 valence electrons. The molecule has 0 aromatic carbocycles. The van der Waals surface area contributed by atoms with Crippen LogP contribution >= 0.6 is 0 Å². The molecule has 2 fully saturated rings. The summed E-state index contributed by atoms with van der Waals surface area (Å²) < 4.78 is 0. The third-order valence-corrected chi connectivity index (χ3v) is 2.61. The Hall–Kier alpha value is -1.13. The number of piperazine rings is 1. The fraction of sp³-hybridized carbons (Fsp3) is 0.875. The van der Waals surface area contributed by atoms with Gasteiger partial charge in [-0.25, -0.2) is 0 Å². The van der Waals surface area contributed by atoms with Crippen LogP contribution in [0.25, 0.3) is 0 Å². The van der Waals surface area contributed by atoms with Crippen LogP contribution in [0.3, 0.4) is 0 Å². The second-order valence-corrected chi connectivity index (χ2v) is 3.63. The fourth-order valence-corrected chi connectivity index (χ4v) is 1.59. The average Bonchev–Trinajstić information content (AvgIpc) is 3.00. The van der Waals surface area contributed by atoms with E-state index in [-0.39, 0.29) is 11.8 Å². The highest BCUT2D eigenvalue weighted by molar-refractivity contribution is 5.81. The highest BCUT2D eigenvalue weighted by Gasteiger charge is 2.34. The number of rotatable bonds is 2. The van der Waals surface area contributed by atoms with Crippen LogP contribution < -0.4 is 0 Å². The van der Waals surface area contributed by atoms with Crippen LogP contribution in [-0.2, 0) is 4.79 Å². The van der Waals surface area contributed by atoms with Gasteiger partial charge in [-0.2, -0.15) is 0 Å². The largest absolute Gasteiger partial charge is 0.339 e. The van der Waals surface area contributed by atoms with Crippen molar-refractivity contribution in [2.75, 3.05) is 26.2 Å². The zero-order valence-electron chi connectivity index (χ0n) is 7.48. The van der Waals surface area contributed by atoms with E-state index in [4.69, 9.17) is 0 Å². The minimum atomic E-state index is 0.269. The van der Waals surface area contributed by atoms with Crippen molar-refractivity contribution in [3.05, 3.63) is 4.91 Å². The van der Waals surface area contributed by atoms with E-state index in [1.807, 2.05) is 4.90 Å². The van der Waals surface area contributed by atoms with Gasteiger partial charge in [0.25, 0.3) is 0 Å². The van der Waals surface area contributed by atoms with Crippen LogP contribution in [0.4, 0.5) is 0 Å². The molecule has 0 N–H and O–H groups in total. The summed E-state index contributed by atoms with van der Waals surface area (Å²) in [7, 11) is 0. The summed E-state index contributed by atoms with van der Waals surface area (Å²) in [6.07, 6.45) is 2.09. The molecule has 0 bridgehead atoms. The normalized spacial score (nSPS) is 23.1. The van der Waals surface area contributed by atoms with E-state index in [1.165, 1.54) is 5.01 Å².